The van der Waals surface area contributed by atoms with E-state index in [1.165, 1.54) is 42.5 Å². The molecule has 13 heteroatoms. The second-order valence-electron chi connectivity index (χ2n) is 10.1. The van der Waals surface area contributed by atoms with Gasteiger partial charge in [0.1, 0.15) is 29.4 Å². The van der Waals surface area contributed by atoms with Crippen LogP contribution in [0.15, 0.2) is 54.6 Å². The Morgan fingerprint density at radius 2 is 1.56 bits per heavy atom. The largest absolute Gasteiger partial charge is 0.487 e. The van der Waals surface area contributed by atoms with Crippen LogP contribution in [-0.2, 0) is 17.6 Å². The molecule has 0 fully saturated rings. The molecule has 1 amide bonds. The molecule has 0 spiro atoms. The quantitative estimate of drug-likeness (QED) is 0.158. The molecule has 0 atom stereocenters. The highest BCUT2D eigenvalue weighted by molar-refractivity contribution is 6.34. The van der Waals surface area contributed by atoms with Crippen molar-refractivity contribution in [1.82, 2.24) is 0 Å². The number of nitrogens with one attached hydrogen (secondary N) is 1. The average Bonchev–Trinajstić information content (AvgIpc) is 2.90. The third-order valence-corrected chi connectivity index (χ3v) is 7.06. The summed E-state index contributed by atoms with van der Waals surface area (Å²) in [5.74, 6) is -3.35. The van der Waals surface area contributed by atoms with Crippen molar-refractivity contribution in [3.05, 3.63) is 92.7 Å². The Bertz CT molecular complexity index is 1500. The van der Waals surface area contributed by atoms with Crippen molar-refractivity contribution in [3.8, 4) is 5.75 Å². The molecule has 230 valence electrons. The molecule has 1 N–H and O–H groups in total. The molecule has 43 heavy (non-hydrogen) atoms. The van der Waals surface area contributed by atoms with Gasteiger partial charge in [-0.15, -0.1) is 0 Å². The Kier molecular flexibility index (Phi) is 10.9. The Balaban J connectivity index is 1.83. The predicted octanol–water partition coefficient (Wildman–Crippen LogP) is 8.54. The summed E-state index contributed by atoms with van der Waals surface area (Å²) in [5.41, 5.74) is -2.08. The highest BCUT2D eigenvalue weighted by Gasteiger charge is 2.51. The smallest absolute Gasteiger partial charge is 0.400 e. The average molecular weight is 648 g/mol. The lowest BCUT2D eigenvalue weighted by atomic mass is 9.84. The Labute approximate surface area is 253 Å². The van der Waals surface area contributed by atoms with Crippen LogP contribution in [0.2, 0.25) is 10.0 Å². The van der Waals surface area contributed by atoms with Gasteiger partial charge in [-0.1, -0.05) is 35.3 Å². The van der Waals surface area contributed by atoms with Crippen molar-refractivity contribution in [2.75, 3.05) is 11.9 Å². The van der Waals surface area contributed by atoms with Gasteiger partial charge in [0.25, 0.3) is 12.3 Å². The third kappa shape index (κ3) is 8.96. The van der Waals surface area contributed by atoms with E-state index in [4.69, 9.17) is 27.9 Å². The van der Waals surface area contributed by atoms with Crippen molar-refractivity contribution in [3.63, 3.8) is 0 Å². The molecule has 0 aromatic heterocycles. The standard InChI is InChI=1S/C30H25Cl2F6NO4/c1-29(2,30(36,37)38)26(41)8-5-16-3-6-23(32)21(9-16)24(40)11-17-4-7-25(43-15-27(34)35)22(10-17)28(42)39-20-13-18(31)12-19(33)14-20/h3-4,6-7,9-10,12-14,27H,5,8,11,15H2,1-2H3,(H,39,42). The molecule has 0 aliphatic heterocycles. The highest BCUT2D eigenvalue weighted by Crippen LogP contribution is 2.39. The van der Waals surface area contributed by atoms with Crippen LogP contribution < -0.4 is 10.1 Å². The number of amides is 1. The maximum absolute atomic E-state index is 13.7. The fourth-order valence-corrected chi connectivity index (χ4v) is 4.36. The Morgan fingerprint density at radius 3 is 2.19 bits per heavy atom. The first kappa shape index (κ1) is 33.9. The minimum atomic E-state index is -4.72. The number of ether oxygens (including phenoxy) is 1. The molecule has 5 nitrogen and oxygen atoms in total. The van der Waals surface area contributed by atoms with Gasteiger partial charge < -0.3 is 10.1 Å². The van der Waals surface area contributed by atoms with Crippen LogP contribution in [0.3, 0.4) is 0 Å². The van der Waals surface area contributed by atoms with Gasteiger partial charge in [0.05, 0.1) is 10.6 Å². The molecule has 0 aliphatic carbocycles. The van der Waals surface area contributed by atoms with Crippen molar-refractivity contribution in [2.45, 2.75) is 45.7 Å². The van der Waals surface area contributed by atoms with E-state index in [2.05, 4.69) is 5.32 Å². The van der Waals surface area contributed by atoms with E-state index >= 15 is 0 Å². The lowest BCUT2D eigenvalue weighted by molar-refractivity contribution is -0.210. The van der Waals surface area contributed by atoms with Crippen LogP contribution in [0, 0.1) is 11.2 Å². The molecule has 3 rings (SSSR count). The summed E-state index contributed by atoms with van der Waals surface area (Å²) in [6.07, 6.45) is -8.36. The maximum Gasteiger partial charge on any atom is 0.400 e. The zero-order valence-electron chi connectivity index (χ0n) is 22.8. The summed E-state index contributed by atoms with van der Waals surface area (Å²) in [6, 6.07) is 11.4. The number of alkyl halides is 5. The molecular weight excluding hydrogens is 623 g/mol. The van der Waals surface area contributed by atoms with Crippen LogP contribution in [0.4, 0.5) is 32.0 Å². The topological polar surface area (TPSA) is 72.5 Å². The lowest BCUT2D eigenvalue weighted by Crippen LogP contribution is -2.39. The normalized spacial score (nSPS) is 11.9. The third-order valence-electron chi connectivity index (χ3n) is 6.52. The number of anilines is 1. The van der Waals surface area contributed by atoms with Gasteiger partial charge in [-0.3, -0.25) is 14.4 Å². The van der Waals surface area contributed by atoms with E-state index < -0.39 is 54.3 Å². The van der Waals surface area contributed by atoms with E-state index in [1.54, 1.807) is 0 Å². The Hall–Kier alpha value is -3.57. The van der Waals surface area contributed by atoms with Crippen LogP contribution in [0.25, 0.3) is 0 Å². The fourth-order valence-electron chi connectivity index (χ4n) is 3.92. The molecule has 0 unspecified atom stereocenters. The zero-order chi connectivity index (χ0) is 32.1. The number of halogens is 8. The van der Waals surface area contributed by atoms with Gasteiger partial charge in [-0.05, 0) is 73.9 Å². The number of benzene rings is 3. The monoisotopic (exact) mass is 647 g/mol. The molecule has 0 bridgehead atoms. The van der Waals surface area contributed by atoms with E-state index in [9.17, 15) is 40.7 Å². The minimum absolute atomic E-state index is 0.00337. The van der Waals surface area contributed by atoms with Gasteiger partial charge in [-0.25, -0.2) is 13.2 Å². The number of aryl methyl sites for hydroxylation is 1. The van der Waals surface area contributed by atoms with Crippen molar-refractivity contribution in [1.29, 1.82) is 0 Å². The number of carbonyl (C=O) groups excluding carboxylic acids is 3. The number of rotatable bonds is 12. The van der Waals surface area contributed by atoms with Gasteiger partial charge in [0.15, 0.2) is 5.78 Å². The molecule has 3 aromatic carbocycles. The lowest BCUT2D eigenvalue weighted by Gasteiger charge is -2.26. The molecular formula is C30H25Cl2F6NO4. The van der Waals surface area contributed by atoms with Crippen molar-refractivity contribution >= 4 is 46.4 Å². The summed E-state index contributed by atoms with van der Waals surface area (Å²) in [6.45, 7) is 0.588. The van der Waals surface area contributed by atoms with Gasteiger partial charge in [0.2, 0.25) is 0 Å². The SMILES string of the molecule is CC(C)(C(=O)CCc1ccc(Cl)c(C(=O)Cc2ccc(OCC(F)F)c(C(=O)Nc3cc(F)cc(Cl)c3)c2)c1)C(F)(F)F. The van der Waals surface area contributed by atoms with Crippen LogP contribution >= 0.6 is 23.2 Å². The summed E-state index contributed by atoms with van der Waals surface area (Å²) < 4.78 is 84.0. The van der Waals surface area contributed by atoms with Crippen molar-refractivity contribution < 1.29 is 45.5 Å². The number of hydrogen-bond donors (Lipinski definition) is 1. The second-order valence-corrected chi connectivity index (χ2v) is 10.9. The van der Waals surface area contributed by atoms with E-state index in [0.29, 0.717) is 5.56 Å². The zero-order valence-corrected chi connectivity index (χ0v) is 24.3. The summed E-state index contributed by atoms with van der Waals surface area (Å²) in [4.78, 5) is 38.4. The highest BCUT2D eigenvalue weighted by atomic mass is 35.5. The maximum atomic E-state index is 13.7. The molecule has 0 aliphatic rings. The number of hydrogen-bond acceptors (Lipinski definition) is 4. The first-order valence-corrected chi connectivity index (χ1v) is 13.5. The minimum Gasteiger partial charge on any atom is -0.487 e. The predicted molar refractivity (Wildman–Crippen MR) is 150 cm³/mol. The molecule has 0 saturated heterocycles. The number of ketones is 2. The molecule has 0 radical (unpaired) electrons. The van der Waals surface area contributed by atoms with E-state index in [0.717, 1.165) is 26.0 Å². The summed E-state index contributed by atoms with van der Waals surface area (Å²) in [5, 5.41) is 2.45. The van der Waals surface area contributed by atoms with Crippen LogP contribution in [0.1, 0.15) is 52.1 Å². The Morgan fingerprint density at radius 1 is 0.907 bits per heavy atom. The van der Waals surface area contributed by atoms with Gasteiger partial charge in [0, 0.05) is 29.1 Å². The molecule has 0 saturated carbocycles. The van der Waals surface area contributed by atoms with Gasteiger partial charge in [-0.2, -0.15) is 13.2 Å². The molecule has 3 aromatic rings. The van der Waals surface area contributed by atoms with Gasteiger partial charge >= 0.3 is 6.18 Å². The van der Waals surface area contributed by atoms with Crippen LogP contribution in [-0.4, -0.2) is 36.7 Å². The summed E-state index contributed by atoms with van der Waals surface area (Å²) in [7, 11) is 0. The number of carbonyl (C=O) groups is 3. The fraction of sp³-hybridized carbons (Fsp3) is 0.300. The first-order valence-electron chi connectivity index (χ1n) is 12.7. The number of Topliss-reactive ketones (excluding diaryl/α,β-unsaturated/α-hetero) is 2. The summed E-state index contributed by atoms with van der Waals surface area (Å²) >= 11 is 12.0. The first-order chi connectivity index (χ1) is 20.0. The second kappa shape index (κ2) is 13.8. The van der Waals surface area contributed by atoms with E-state index in [1.807, 2.05) is 0 Å². The van der Waals surface area contributed by atoms with Crippen molar-refractivity contribution in [2.24, 2.45) is 5.41 Å². The van der Waals surface area contributed by atoms with Crippen LogP contribution in [0.5, 0.6) is 5.75 Å². The molecule has 0 heterocycles. The van der Waals surface area contributed by atoms with E-state index in [-0.39, 0.29) is 51.0 Å².